The third kappa shape index (κ3) is 3.47. The van der Waals surface area contributed by atoms with Gasteiger partial charge in [0.25, 0.3) is 0 Å². The molecular weight excluding hydrogens is 258 g/mol. The summed E-state index contributed by atoms with van der Waals surface area (Å²) >= 11 is 0. The van der Waals surface area contributed by atoms with Gasteiger partial charge >= 0.3 is 0 Å². The van der Waals surface area contributed by atoms with Crippen LogP contribution in [0.25, 0.3) is 0 Å². The van der Waals surface area contributed by atoms with E-state index in [1.54, 1.807) is 11.1 Å². The van der Waals surface area contributed by atoms with Gasteiger partial charge in [-0.1, -0.05) is 31.2 Å². The van der Waals surface area contributed by atoms with Crippen LogP contribution in [-0.2, 0) is 6.42 Å². The molecule has 1 aromatic carbocycles. The van der Waals surface area contributed by atoms with Gasteiger partial charge in [-0.05, 0) is 49.3 Å². The number of nitrogens with one attached hydrogen (secondary N) is 1. The van der Waals surface area contributed by atoms with Crippen LogP contribution < -0.4 is 11.1 Å². The van der Waals surface area contributed by atoms with E-state index in [1.807, 2.05) is 0 Å². The van der Waals surface area contributed by atoms with Crippen molar-refractivity contribution in [1.82, 2.24) is 10.2 Å². The van der Waals surface area contributed by atoms with Crippen molar-refractivity contribution >= 4 is 0 Å². The number of hydrogen-bond acceptors (Lipinski definition) is 3. The van der Waals surface area contributed by atoms with E-state index < -0.39 is 0 Å². The van der Waals surface area contributed by atoms with E-state index in [0.29, 0.717) is 18.0 Å². The van der Waals surface area contributed by atoms with Crippen molar-refractivity contribution in [2.75, 3.05) is 26.2 Å². The number of benzene rings is 1. The fourth-order valence-corrected chi connectivity index (χ4v) is 4.08. The second kappa shape index (κ2) is 6.91. The molecule has 3 nitrogen and oxygen atoms in total. The number of rotatable bonds is 5. The molecule has 0 bridgehead atoms. The molecule has 116 valence electrons. The van der Waals surface area contributed by atoms with Crippen LogP contribution in [0.15, 0.2) is 24.3 Å². The maximum atomic E-state index is 5.97. The van der Waals surface area contributed by atoms with E-state index in [0.717, 1.165) is 26.1 Å². The Morgan fingerprint density at radius 1 is 1.29 bits per heavy atom. The fraction of sp³-hybridized carbons (Fsp3) is 0.667. The molecule has 0 saturated carbocycles. The smallest absolute Gasteiger partial charge is 0.0180 e. The van der Waals surface area contributed by atoms with E-state index in [2.05, 4.69) is 41.4 Å². The molecule has 3 N–H and O–H groups in total. The van der Waals surface area contributed by atoms with Crippen LogP contribution in [0.5, 0.6) is 0 Å². The Morgan fingerprint density at radius 2 is 2.14 bits per heavy atom. The molecule has 1 aliphatic carbocycles. The summed E-state index contributed by atoms with van der Waals surface area (Å²) in [6.07, 6.45) is 4.88. The lowest BCUT2D eigenvalue weighted by molar-refractivity contribution is 0.305. The predicted molar refractivity (Wildman–Crippen MR) is 88.6 cm³/mol. The second-order valence-corrected chi connectivity index (χ2v) is 6.66. The zero-order valence-corrected chi connectivity index (χ0v) is 13.2. The van der Waals surface area contributed by atoms with Crippen molar-refractivity contribution in [3.63, 3.8) is 0 Å². The average Bonchev–Trinajstić information content (AvgIpc) is 2.92. The molecular formula is C18H29N3. The van der Waals surface area contributed by atoms with Gasteiger partial charge < -0.3 is 16.0 Å². The lowest BCUT2D eigenvalue weighted by atomic mass is 9.78. The van der Waals surface area contributed by atoms with Gasteiger partial charge in [-0.25, -0.2) is 0 Å². The van der Waals surface area contributed by atoms with Gasteiger partial charge in [0.05, 0.1) is 0 Å². The molecule has 0 aromatic heterocycles. The van der Waals surface area contributed by atoms with E-state index in [1.165, 1.54) is 25.8 Å². The molecule has 1 aliphatic heterocycles. The Bertz CT molecular complexity index is 460. The molecule has 1 aromatic rings. The Labute approximate surface area is 128 Å². The van der Waals surface area contributed by atoms with E-state index >= 15 is 0 Å². The lowest BCUT2D eigenvalue weighted by Crippen LogP contribution is -2.42. The molecule has 3 unspecified atom stereocenters. The monoisotopic (exact) mass is 287 g/mol. The zero-order chi connectivity index (χ0) is 14.7. The van der Waals surface area contributed by atoms with Crippen LogP contribution in [0.2, 0.25) is 0 Å². The van der Waals surface area contributed by atoms with Gasteiger partial charge in [-0.2, -0.15) is 0 Å². The highest BCUT2D eigenvalue weighted by Crippen LogP contribution is 2.33. The minimum absolute atomic E-state index is 0.398. The summed E-state index contributed by atoms with van der Waals surface area (Å²) < 4.78 is 0. The number of hydrogen-bond donors (Lipinski definition) is 2. The summed E-state index contributed by atoms with van der Waals surface area (Å²) in [5.41, 5.74) is 9.11. The molecule has 0 amide bonds. The van der Waals surface area contributed by atoms with Gasteiger partial charge in [-0.3, -0.25) is 0 Å². The molecule has 3 atom stereocenters. The number of fused-ring (bicyclic) bond motifs is 1. The Morgan fingerprint density at radius 3 is 2.90 bits per heavy atom. The third-order valence-corrected chi connectivity index (χ3v) is 5.25. The molecule has 1 fully saturated rings. The first-order chi connectivity index (χ1) is 10.3. The Hall–Kier alpha value is -0.900. The minimum Gasteiger partial charge on any atom is -0.326 e. The predicted octanol–water partition coefficient (Wildman–Crippen LogP) is 2.12. The van der Waals surface area contributed by atoms with Crippen molar-refractivity contribution in [3.8, 4) is 0 Å². The van der Waals surface area contributed by atoms with E-state index in [4.69, 9.17) is 5.73 Å². The molecule has 3 heteroatoms. The molecule has 0 radical (unpaired) electrons. The molecule has 1 heterocycles. The van der Waals surface area contributed by atoms with Gasteiger partial charge in [0.2, 0.25) is 0 Å². The number of nitrogens with zero attached hydrogens (tertiary/aromatic N) is 1. The number of aryl methyl sites for hydroxylation is 1. The van der Waals surface area contributed by atoms with Gasteiger partial charge in [0.15, 0.2) is 0 Å². The Balaban J connectivity index is 1.54. The van der Waals surface area contributed by atoms with Crippen LogP contribution in [0.3, 0.4) is 0 Å². The topological polar surface area (TPSA) is 41.3 Å². The van der Waals surface area contributed by atoms with Crippen LogP contribution in [0, 0.1) is 0 Å². The highest BCUT2D eigenvalue weighted by molar-refractivity contribution is 5.34. The van der Waals surface area contributed by atoms with Crippen molar-refractivity contribution in [2.24, 2.45) is 5.73 Å². The first kappa shape index (κ1) is 15.0. The maximum absolute atomic E-state index is 5.97. The molecule has 0 spiro atoms. The summed E-state index contributed by atoms with van der Waals surface area (Å²) in [7, 11) is 0. The quantitative estimate of drug-likeness (QED) is 0.871. The van der Waals surface area contributed by atoms with E-state index in [-0.39, 0.29) is 0 Å². The van der Waals surface area contributed by atoms with Crippen LogP contribution >= 0.6 is 0 Å². The van der Waals surface area contributed by atoms with Crippen LogP contribution in [-0.4, -0.2) is 43.2 Å². The van der Waals surface area contributed by atoms with Gasteiger partial charge in [0, 0.05) is 31.7 Å². The minimum atomic E-state index is 0.398. The molecule has 3 rings (SSSR count). The summed E-state index contributed by atoms with van der Waals surface area (Å²) in [5, 5.41) is 3.82. The molecule has 21 heavy (non-hydrogen) atoms. The largest absolute Gasteiger partial charge is 0.326 e. The highest BCUT2D eigenvalue weighted by atomic mass is 15.2. The zero-order valence-electron chi connectivity index (χ0n) is 13.2. The summed E-state index contributed by atoms with van der Waals surface area (Å²) in [5.74, 6) is 0.677. The van der Waals surface area contributed by atoms with Crippen molar-refractivity contribution < 1.29 is 0 Å². The van der Waals surface area contributed by atoms with Gasteiger partial charge in [-0.15, -0.1) is 0 Å². The maximum Gasteiger partial charge on any atom is 0.0180 e. The highest BCUT2D eigenvalue weighted by Gasteiger charge is 2.27. The summed E-state index contributed by atoms with van der Waals surface area (Å²) in [6.45, 7) is 6.80. The average molecular weight is 287 g/mol. The SMILES string of the molecule is CCC1c2ccccc2CCC1NCCN1CCC(N)C1. The Kier molecular flexibility index (Phi) is 4.94. The number of nitrogens with two attached hydrogens (primary N) is 1. The van der Waals surface area contributed by atoms with Crippen molar-refractivity contribution in [3.05, 3.63) is 35.4 Å². The number of likely N-dealkylation sites (tertiary alicyclic amines) is 1. The first-order valence-corrected chi connectivity index (χ1v) is 8.57. The third-order valence-electron chi connectivity index (χ3n) is 5.25. The van der Waals surface area contributed by atoms with E-state index in [9.17, 15) is 0 Å². The fourth-order valence-electron chi connectivity index (χ4n) is 4.08. The molecule has 1 saturated heterocycles. The lowest BCUT2D eigenvalue weighted by Gasteiger charge is -2.34. The summed E-state index contributed by atoms with van der Waals surface area (Å²) in [6, 6.07) is 10.0. The van der Waals surface area contributed by atoms with Gasteiger partial charge in [0.1, 0.15) is 0 Å². The normalized spacial score (nSPS) is 29.5. The standard InChI is InChI=1S/C18H29N3/c1-2-16-17-6-4-3-5-14(17)7-8-18(16)20-10-12-21-11-9-15(19)13-21/h3-6,15-16,18,20H,2,7-13,19H2,1H3. The van der Waals surface area contributed by atoms with Crippen molar-refractivity contribution in [1.29, 1.82) is 0 Å². The summed E-state index contributed by atoms with van der Waals surface area (Å²) in [4.78, 5) is 2.50. The first-order valence-electron chi connectivity index (χ1n) is 8.57. The van der Waals surface area contributed by atoms with Crippen LogP contribution in [0.4, 0.5) is 0 Å². The van der Waals surface area contributed by atoms with Crippen molar-refractivity contribution in [2.45, 2.75) is 50.6 Å². The second-order valence-electron chi connectivity index (χ2n) is 6.66. The molecule has 2 aliphatic rings. The van der Waals surface area contributed by atoms with Crippen LogP contribution in [0.1, 0.15) is 43.2 Å².